The number of rotatable bonds is 6. The van der Waals surface area contributed by atoms with E-state index in [4.69, 9.17) is 4.74 Å². The first kappa shape index (κ1) is 22.1. The Morgan fingerprint density at radius 1 is 1.09 bits per heavy atom. The van der Waals surface area contributed by atoms with Gasteiger partial charge in [-0.25, -0.2) is 4.79 Å². The predicted octanol–water partition coefficient (Wildman–Crippen LogP) is 3.81. The number of pyridine rings is 1. The fourth-order valence-corrected chi connectivity index (χ4v) is 4.83. The topological polar surface area (TPSA) is 83.6 Å². The third kappa shape index (κ3) is 5.39. The van der Waals surface area contributed by atoms with Crippen molar-refractivity contribution in [2.75, 3.05) is 13.7 Å². The maximum Gasteiger partial charge on any atom is 0.315 e. The molecule has 1 aliphatic heterocycles. The number of benzene rings is 1. The van der Waals surface area contributed by atoms with Crippen LogP contribution < -0.4 is 15.4 Å². The van der Waals surface area contributed by atoms with Crippen LogP contribution in [0.1, 0.15) is 55.7 Å². The predicted molar refractivity (Wildman–Crippen MR) is 122 cm³/mol. The first-order valence-corrected chi connectivity index (χ1v) is 11.5. The Morgan fingerprint density at radius 2 is 1.88 bits per heavy atom. The molecule has 1 aliphatic carbocycles. The molecular formula is C25H32N4O3. The van der Waals surface area contributed by atoms with Crippen LogP contribution in [0.4, 0.5) is 4.79 Å². The summed E-state index contributed by atoms with van der Waals surface area (Å²) >= 11 is 0. The van der Waals surface area contributed by atoms with Crippen molar-refractivity contribution in [3.63, 3.8) is 0 Å². The lowest BCUT2D eigenvalue weighted by atomic mass is 9.85. The van der Waals surface area contributed by atoms with Gasteiger partial charge in [0.2, 0.25) is 5.91 Å². The van der Waals surface area contributed by atoms with E-state index in [9.17, 15) is 9.59 Å². The highest BCUT2D eigenvalue weighted by atomic mass is 16.5. The third-order valence-electron chi connectivity index (χ3n) is 6.63. The monoisotopic (exact) mass is 436 g/mol. The zero-order valence-electron chi connectivity index (χ0n) is 18.6. The number of carbonyl (C=O) groups excluding carboxylic acids is 2. The standard InChI is InChI=1S/C25H32N4O3/c1-32-22-12-6-18(7-13-22)16-27-25(31)28-21-10-8-19(9-11-21)24(30)29-15-3-5-23(29)20-4-2-14-26-17-20/h2,4,6-7,12-14,17,19,21,23H,3,5,8-11,15-16H2,1H3,(H2,27,28,31)/t19?,21?,23-/m1/s1. The lowest BCUT2D eigenvalue weighted by Crippen LogP contribution is -2.45. The summed E-state index contributed by atoms with van der Waals surface area (Å²) in [5, 5.41) is 5.98. The molecule has 2 fully saturated rings. The molecule has 0 radical (unpaired) electrons. The number of hydrogen-bond acceptors (Lipinski definition) is 4. The van der Waals surface area contributed by atoms with Gasteiger partial charge in [-0.1, -0.05) is 18.2 Å². The maximum atomic E-state index is 13.2. The molecule has 7 heteroatoms. The van der Waals surface area contributed by atoms with Crippen molar-refractivity contribution >= 4 is 11.9 Å². The zero-order chi connectivity index (χ0) is 22.3. The van der Waals surface area contributed by atoms with Crippen molar-refractivity contribution in [2.45, 2.75) is 57.2 Å². The molecule has 170 valence electrons. The van der Waals surface area contributed by atoms with E-state index < -0.39 is 0 Å². The van der Waals surface area contributed by atoms with E-state index in [1.165, 1.54) is 0 Å². The molecule has 1 aromatic carbocycles. The van der Waals surface area contributed by atoms with Crippen LogP contribution in [0.15, 0.2) is 48.8 Å². The van der Waals surface area contributed by atoms with E-state index in [2.05, 4.69) is 26.6 Å². The van der Waals surface area contributed by atoms with Gasteiger partial charge in [0.1, 0.15) is 5.75 Å². The molecule has 2 aromatic rings. The van der Waals surface area contributed by atoms with Crippen LogP contribution in [0, 0.1) is 5.92 Å². The second-order valence-corrected chi connectivity index (χ2v) is 8.70. The highest BCUT2D eigenvalue weighted by Gasteiger charge is 2.36. The molecule has 1 saturated carbocycles. The number of nitrogens with zero attached hydrogens (tertiary/aromatic N) is 2. The number of nitrogens with one attached hydrogen (secondary N) is 2. The van der Waals surface area contributed by atoms with Crippen molar-refractivity contribution in [2.24, 2.45) is 5.92 Å². The number of methoxy groups -OCH3 is 1. The minimum atomic E-state index is -0.160. The number of amides is 3. The molecule has 2 heterocycles. The number of urea groups is 1. The first-order valence-electron chi connectivity index (χ1n) is 11.5. The molecule has 0 spiro atoms. The van der Waals surface area contributed by atoms with Crippen LogP contribution in [-0.4, -0.2) is 41.5 Å². The van der Waals surface area contributed by atoms with Crippen LogP contribution in [-0.2, 0) is 11.3 Å². The molecule has 32 heavy (non-hydrogen) atoms. The lowest BCUT2D eigenvalue weighted by molar-refractivity contribution is -0.137. The van der Waals surface area contributed by atoms with Crippen LogP contribution >= 0.6 is 0 Å². The Labute approximate surface area is 189 Å². The van der Waals surface area contributed by atoms with Crippen molar-refractivity contribution in [1.29, 1.82) is 0 Å². The van der Waals surface area contributed by atoms with Gasteiger partial charge < -0.3 is 20.3 Å². The second-order valence-electron chi connectivity index (χ2n) is 8.70. The number of ether oxygens (including phenoxy) is 1. The van der Waals surface area contributed by atoms with Gasteiger partial charge in [0.25, 0.3) is 0 Å². The van der Waals surface area contributed by atoms with E-state index in [0.29, 0.717) is 6.54 Å². The average Bonchev–Trinajstić information content (AvgIpc) is 3.34. The quantitative estimate of drug-likeness (QED) is 0.721. The smallest absolute Gasteiger partial charge is 0.315 e. The van der Waals surface area contributed by atoms with E-state index in [1.54, 1.807) is 13.3 Å². The van der Waals surface area contributed by atoms with Crippen molar-refractivity contribution in [3.8, 4) is 5.75 Å². The fourth-order valence-electron chi connectivity index (χ4n) is 4.83. The normalized spacial score (nSPS) is 22.9. The van der Waals surface area contributed by atoms with Crippen molar-refractivity contribution < 1.29 is 14.3 Å². The molecule has 3 amide bonds. The van der Waals surface area contributed by atoms with Gasteiger partial charge in [-0.2, -0.15) is 0 Å². The Kier molecular flexibility index (Phi) is 7.24. The maximum absolute atomic E-state index is 13.2. The molecule has 4 rings (SSSR count). The van der Waals surface area contributed by atoms with Gasteiger partial charge in [-0.15, -0.1) is 0 Å². The molecule has 0 bridgehead atoms. The van der Waals surface area contributed by atoms with Gasteiger partial charge >= 0.3 is 6.03 Å². The molecule has 1 saturated heterocycles. The average molecular weight is 437 g/mol. The Bertz CT molecular complexity index is 895. The summed E-state index contributed by atoms with van der Waals surface area (Å²) in [6.07, 6.45) is 8.99. The van der Waals surface area contributed by atoms with Crippen LogP contribution in [0.3, 0.4) is 0 Å². The van der Waals surface area contributed by atoms with Gasteiger partial charge in [0.15, 0.2) is 0 Å². The number of hydrogen-bond donors (Lipinski definition) is 2. The molecule has 2 N–H and O–H groups in total. The molecule has 1 atom stereocenters. The SMILES string of the molecule is COc1ccc(CNC(=O)NC2CCC(C(=O)N3CCC[C@@H]3c3cccnc3)CC2)cc1. The lowest BCUT2D eigenvalue weighted by Gasteiger charge is -2.33. The van der Waals surface area contributed by atoms with Crippen LogP contribution in [0.25, 0.3) is 0 Å². The van der Waals surface area contributed by atoms with Crippen molar-refractivity contribution in [1.82, 2.24) is 20.5 Å². The summed E-state index contributed by atoms with van der Waals surface area (Å²) in [5.74, 6) is 1.11. The summed E-state index contributed by atoms with van der Waals surface area (Å²) < 4.78 is 5.15. The highest BCUT2D eigenvalue weighted by Crippen LogP contribution is 2.35. The van der Waals surface area contributed by atoms with Crippen LogP contribution in [0.5, 0.6) is 5.75 Å². The molecular weight excluding hydrogens is 404 g/mol. The van der Waals surface area contributed by atoms with Gasteiger partial charge in [-0.05, 0) is 67.9 Å². The summed E-state index contributed by atoms with van der Waals surface area (Å²) in [5.41, 5.74) is 2.14. The third-order valence-corrected chi connectivity index (χ3v) is 6.63. The molecule has 0 unspecified atom stereocenters. The van der Waals surface area contributed by atoms with E-state index in [1.807, 2.05) is 36.5 Å². The molecule has 1 aromatic heterocycles. The zero-order valence-corrected chi connectivity index (χ0v) is 18.6. The van der Waals surface area contributed by atoms with E-state index >= 15 is 0 Å². The summed E-state index contributed by atoms with van der Waals surface area (Å²) in [6.45, 7) is 1.29. The van der Waals surface area contributed by atoms with E-state index in [0.717, 1.165) is 61.9 Å². The minimum absolute atomic E-state index is 0.0488. The number of likely N-dealkylation sites (tertiary alicyclic amines) is 1. The minimum Gasteiger partial charge on any atom is -0.497 e. The van der Waals surface area contributed by atoms with Gasteiger partial charge in [0, 0.05) is 37.4 Å². The first-order chi connectivity index (χ1) is 15.6. The summed E-state index contributed by atoms with van der Waals surface area (Å²) in [6, 6.07) is 11.7. The molecule has 7 nitrogen and oxygen atoms in total. The van der Waals surface area contributed by atoms with Gasteiger partial charge in [0.05, 0.1) is 13.2 Å². The Morgan fingerprint density at radius 3 is 2.56 bits per heavy atom. The fraction of sp³-hybridized carbons (Fsp3) is 0.480. The van der Waals surface area contributed by atoms with Crippen molar-refractivity contribution in [3.05, 3.63) is 59.9 Å². The van der Waals surface area contributed by atoms with Gasteiger partial charge in [-0.3, -0.25) is 9.78 Å². The highest BCUT2D eigenvalue weighted by molar-refractivity contribution is 5.80. The summed E-state index contributed by atoms with van der Waals surface area (Å²) in [7, 11) is 1.63. The summed E-state index contributed by atoms with van der Waals surface area (Å²) in [4.78, 5) is 31.8. The van der Waals surface area contributed by atoms with E-state index in [-0.39, 0.29) is 29.9 Å². The largest absolute Gasteiger partial charge is 0.497 e. The Hall–Kier alpha value is -3.09. The number of carbonyl (C=O) groups is 2. The second kappa shape index (κ2) is 10.5. The van der Waals surface area contributed by atoms with Crippen LogP contribution in [0.2, 0.25) is 0 Å². The Balaban J connectivity index is 1.22. The number of aromatic nitrogens is 1. The molecule has 2 aliphatic rings.